The van der Waals surface area contributed by atoms with Crippen molar-refractivity contribution in [2.75, 3.05) is 11.9 Å². The van der Waals surface area contributed by atoms with E-state index in [1.165, 1.54) is 23.9 Å². The summed E-state index contributed by atoms with van der Waals surface area (Å²) in [6, 6.07) is 11.2. The van der Waals surface area contributed by atoms with Crippen LogP contribution in [0.1, 0.15) is 36.0 Å². The van der Waals surface area contributed by atoms with Crippen molar-refractivity contribution in [2.24, 2.45) is 0 Å². The van der Waals surface area contributed by atoms with Gasteiger partial charge in [0, 0.05) is 18.1 Å². The number of amides is 1. The minimum Gasteiger partial charge on any atom is -0.504 e. The number of aromatic hydroxyl groups is 1. The fourth-order valence-corrected chi connectivity index (χ4v) is 4.33. The molecule has 1 amide bonds. The molecule has 3 aromatic rings. The van der Waals surface area contributed by atoms with Crippen LogP contribution in [0.3, 0.4) is 0 Å². The number of ether oxygens (including phenoxy) is 1. The second-order valence-corrected chi connectivity index (χ2v) is 7.94. The smallest absolute Gasteiger partial charge is 0.257 e. The van der Waals surface area contributed by atoms with E-state index in [9.17, 15) is 19.1 Å². The van der Waals surface area contributed by atoms with Crippen LogP contribution in [0.4, 0.5) is 10.2 Å². The Balaban J connectivity index is 1.67. The highest BCUT2D eigenvalue weighted by Gasteiger charge is 2.31. The number of nitrogens with zero attached hydrogens (tertiary/aromatic N) is 1. The molecule has 0 unspecified atom stereocenters. The molecule has 160 valence electrons. The molecule has 0 bridgehead atoms. The molecule has 0 radical (unpaired) electrons. The number of fused-ring (bicyclic) bond motifs is 1. The molecule has 1 aliphatic rings. The molecule has 1 aromatic heterocycles. The van der Waals surface area contributed by atoms with Crippen LogP contribution >= 0.6 is 11.8 Å². The molecular weight excluding hydrogens is 421 g/mol. The predicted molar refractivity (Wildman–Crippen MR) is 115 cm³/mol. The predicted octanol–water partition coefficient (Wildman–Crippen LogP) is 3.78. The number of rotatable bonds is 6. The first-order chi connectivity index (χ1) is 15.0. The van der Waals surface area contributed by atoms with Crippen LogP contribution in [0, 0.1) is 5.82 Å². The van der Waals surface area contributed by atoms with Gasteiger partial charge in [0.2, 0.25) is 5.91 Å². The number of aromatic amines is 1. The van der Waals surface area contributed by atoms with Gasteiger partial charge in [0.1, 0.15) is 11.6 Å². The first-order valence-electron chi connectivity index (χ1n) is 9.72. The third kappa shape index (κ3) is 4.41. The number of nitrogens with one attached hydrogen (secondary N) is 2. The number of carbonyl (C=O) groups excluding carboxylic acids is 1. The topological polar surface area (TPSA) is 104 Å². The van der Waals surface area contributed by atoms with Crippen LogP contribution in [0.2, 0.25) is 0 Å². The molecule has 2 heterocycles. The van der Waals surface area contributed by atoms with E-state index in [1.54, 1.807) is 37.3 Å². The second-order valence-electron chi connectivity index (χ2n) is 6.98. The van der Waals surface area contributed by atoms with Crippen molar-refractivity contribution < 1.29 is 19.0 Å². The van der Waals surface area contributed by atoms with Gasteiger partial charge in [-0.15, -0.1) is 0 Å². The van der Waals surface area contributed by atoms with Crippen LogP contribution in [-0.2, 0) is 10.5 Å². The lowest BCUT2D eigenvalue weighted by atomic mass is 9.86. The van der Waals surface area contributed by atoms with Crippen molar-refractivity contribution in [1.29, 1.82) is 0 Å². The van der Waals surface area contributed by atoms with E-state index < -0.39 is 5.92 Å². The zero-order chi connectivity index (χ0) is 22.0. The molecule has 4 rings (SSSR count). The van der Waals surface area contributed by atoms with Crippen LogP contribution in [0.15, 0.2) is 52.4 Å². The normalized spacial score (nSPS) is 15.3. The first-order valence-corrected chi connectivity index (χ1v) is 10.7. The van der Waals surface area contributed by atoms with Crippen LogP contribution in [-0.4, -0.2) is 27.6 Å². The summed E-state index contributed by atoms with van der Waals surface area (Å²) in [6.45, 7) is 2.16. The van der Waals surface area contributed by atoms with E-state index in [-0.39, 0.29) is 51.9 Å². The molecule has 1 atom stereocenters. The lowest BCUT2D eigenvalue weighted by molar-refractivity contribution is -0.116. The Morgan fingerprint density at radius 2 is 2.06 bits per heavy atom. The number of thioether (sulfide) groups is 1. The third-order valence-corrected chi connectivity index (χ3v) is 5.86. The number of H-pyrrole nitrogens is 1. The van der Waals surface area contributed by atoms with E-state index in [0.717, 1.165) is 0 Å². The van der Waals surface area contributed by atoms with Gasteiger partial charge in [-0.05, 0) is 36.2 Å². The Kier molecular flexibility index (Phi) is 5.94. The third-order valence-electron chi connectivity index (χ3n) is 4.94. The number of phenols is 1. The van der Waals surface area contributed by atoms with Gasteiger partial charge in [0.25, 0.3) is 5.56 Å². The molecule has 7 nitrogen and oxygen atoms in total. The van der Waals surface area contributed by atoms with Gasteiger partial charge in [-0.2, -0.15) is 0 Å². The standard InChI is InChI=1S/C22H20FN3O4S/c1-2-30-17-9-12(7-8-16(17)27)14-10-18(28)24-20-19(14)21(29)26-22(25-20)31-11-13-5-3-4-6-15(13)23/h3-9,14,27H,2,10-11H2,1H3,(H2,24,25,26,28,29)/t14-/m1/s1. The Labute approximate surface area is 181 Å². The Morgan fingerprint density at radius 1 is 1.26 bits per heavy atom. The van der Waals surface area contributed by atoms with Crippen molar-refractivity contribution in [3.05, 3.63) is 75.3 Å². The molecule has 0 spiro atoms. The molecule has 9 heteroatoms. The average Bonchev–Trinajstić information content (AvgIpc) is 2.74. The molecule has 3 N–H and O–H groups in total. The summed E-state index contributed by atoms with van der Waals surface area (Å²) in [7, 11) is 0. The van der Waals surface area contributed by atoms with E-state index in [4.69, 9.17) is 4.74 Å². The highest BCUT2D eigenvalue weighted by molar-refractivity contribution is 7.98. The number of carbonyl (C=O) groups is 1. The number of phenolic OH excluding ortho intramolecular Hbond substituents is 1. The molecule has 31 heavy (non-hydrogen) atoms. The molecule has 0 saturated heterocycles. The Bertz CT molecular complexity index is 1200. The summed E-state index contributed by atoms with van der Waals surface area (Å²) in [5.74, 6) is -0.404. The molecule has 0 fully saturated rings. The maximum absolute atomic E-state index is 13.9. The Hall–Kier alpha value is -3.33. The largest absolute Gasteiger partial charge is 0.504 e. The molecular formula is C22H20FN3O4S. The number of halogens is 1. The van der Waals surface area contributed by atoms with Crippen molar-refractivity contribution in [1.82, 2.24) is 9.97 Å². The van der Waals surface area contributed by atoms with Gasteiger partial charge < -0.3 is 20.1 Å². The Morgan fingerprint density at radius 3 is 2.84 bits per heavy atom. The molecule has 1 aliphatic heterocycles. The summed E-state index contributed by atoms with van der Waals surface area (Å²) >= 11 is 1.17. The highest BCUT2D eigenvalue weighted by Crippen LogP contribution is 2.38. The lowest BCUT2D eigenvalue weighted by Gasteiger charge is -2.25. The number of anilines is 1. The van der Waals surface area contributed by atoms with E-state index in [2.05, 4.69) is 15.3 Å². The van der Waals surface area contributed by atoms with E-state index in [1.807, 2.05) is 0 Å². The monoisotopic (exact) mass is 441 g/mol. The summed E-state index contributed by atoms with van der Waals surface area (Å²) in [5, 5.41) is 12.9. The number of benzene rings is 2. The fourth-order valence-electron chi connectivity index (χ4n) is 3.48. The average molecular weight is 441 g/mol. The molecule has 2 aromatic carbocycles. The second kappa shape index (κ2) is 8.81. The number of hydrogen-bond acceptors (Lipinski definition) is 6. The van der Waals surface area contributed by atoms with Crippen molar-refractivity contribution in [3.8, 4) is 11.5 Å². The molecule has 0 saturated carbocycles. The van der Waals surface area contributed by atoms with Gasteiger partial charge in [-0.25, -0.2) is 9.37 Å². The van der Waals surface area contributed by atoms with Crippen molar-refractivity contribution in [2.45, 2.75) is 30.2 Å². The van der Waals surface area contributed by atoms with Gasteiger partial charge >= 0.3 is 0 Å². The summed E-state index contributed by atoms with van der Waals surface area (Å²) < 4.78 is 19.3. The van der Waals surface area contributed by atoms with Gasteiger partial charge in [0.05, 0.1) is 12.2 Å². The minimum absolute atomic E-state index is 0.0157. The summed E-state index contributed by atoms with van der Waals surface area (Å²) in [5.41, 5.74) is 1.11. The van der Waals surface area contributed by atoms with Crippen LogP contribution < -0.4 is 15.6 Å². The van der Waals surface area contributed by atoms with E-state index >= 15 is 0 Å². The van der Waals surface area contributed by atoms with Crippen LogP contribution in [0.5, 0.6) is 11.5 Å². The number of hydrogen-bond donors (Lipinski definition) is 3. The maximum atomic E-state index is 13.9. The zero-order valence-electron chi connectivity index (χ0n) is 16.6. The molecule has 0 aliphatic carbocycles. The number of aromatic nitrogens is 2. The van der Waals surface area contributed by atoms with Crippen molar-refractivity contribution in [3.63, 3.8) is 0 Å². The maximum Gasteiger partial charge on any atom is 0.257 e. The highest BCUT2D eigenvalue weighted by atomic mass is 32.2. The van der Waals surface area contributed by atoms with Gasteiger partial charge in [-0.3, -0.25) is 9.59 Å². The quantitative estimate of drug-likeness (QED) is 0.397. The SMILES string of the molecule is CCOc1cc([C@H]2CC(=O)Nc3nc(SCc4ccccc4F)[nH]c(=O)c32)ccc1O. The fraction of sp³-hybridized carbons (Fsp3) is 0.227. The van der Waals surface area contributed by atoms with Gasteiger partial charge in [-0.1, -0.05) is 36.0 Å². The summed E-state index contributed by atoms with van der Waals surface area (Å²) in [4.78, 5) is 32.4. The van der Waals surface area contributed by atoms with Crippen molar-refractivity contribution >= 4 is 23.5 Å². The lowest BCUT2D eigenvalue weighted by Crippen LogP contribution is -2.31. The van der Waals surface area contributed by atoms with Crippen LogP contribution in [0.25, 0.3) is 0 Å². The zero-order valence-corrected chi connectivity index (χ0v) is 17.5. The van der Waals surface area contributed by atoms with E-state index in [0.29, 0.717) is 23.3 Å². The summed E-state index contributed by atoms with van der Waals surface area (Å²) in [6.07, 6.45) is 0.0653. The first kappa shape index (κ1) is 20.9. The van der Waals surface area contributed by atoms with Gasteiger partial charge in [0.15, 0.2) is 16.7 Å². The minimum atomic E-state index is -0.537.